The van der Waals surface area contributed by atoms with Gasteiger partial charge in [0.2, 0.25) is 0 Å². The van der Waals surface area contributed by atoms with Crippen molar-refractivity contribution in [2.75, 3.05) is 6.54 Å². The fourth-order valence-corrected chi connectivity index (χ4v) is 2.63. The molecular formula is C17H24ClNO. The molecule has 0 radical (unpaired) electrons. The van der Waals surface area contributed by atoms with Crippen LogP contribution in [0.4, 0.5) is 0 Å². The number of hydrogen-bond acceptors (Lipinski definition) is 2. The van der Waals surface area contributed by atoms with E-state index in [1.54, 1.807) is 0 Å². The van der Waals surface area contributed by atoms with Crippen LogP contribution in [0.15, 0.2) is 28.7 Å². The molecule has 2 rings (SSSR count). The first kappa shape index (κ1) is 15.4. The highest BCUT2D eigenvalue weighted by Gasteiger charge is 2.18. The van der Waals surface area contributed by atoms with Crippen LogP contribution >= 0.6 is 11.6 Å². The maximum Gasteiger partial charge on any atom is 0.152 e. The molecule has 0 amide bonds. The third-order valence-electron chi connectivity index (χ3n) is 3.83. The highest BCUT2D eigenvalue weighted by Crippen LogP contribution is 2.32. The predicted molar refractivity (Wildman–Crippen MR) is 86.3 cm³/mol. The molecule has 1 heterocycles. The van der Waals surface area contributed by atoms with Gasteiger partial charge in [-0.25, -0.2) is 0 Å². The van der Waals surface area contributed by atoms with E-state index in [4.69, 9.17) is 16.0 Å². The first-order valence-corrected chi connectivity index (χ1v) is 7.94. The summed E-state index contributed by atoms with van der Waals surface area (Å²) in [7, 11) is 0. The van der Waals surface area contributed by atoms with Gasteiger partial charge in [-0.2, -0.15) is 0 Å². The van der Waals surface area contributed by atoms with E-state index in [0.29, 0.717) is 10.9 Å². The van der Waals surface area contributed by atoms with E-state index >= 15 is 0 Å². The second-order valence-corrected chi connectivity index (χ2v) is 5.97. The van der Waals surface area contributed by atoms with E-state index < -0.39 is 0 Å². The van der Waals surface area contributed by atoms with Gasteiger partial charge in [0, 0.05) is 5.39 Å². The van der Waals surface area contributed by atoms with Crippen molar-refractivity contribution in [2.24, 2.45) is 5.92 Å². The van der Waals surface area contributed by atoms with Crippen LogP contribution in [0.3, 0.4) is 0 Å². The molecule has 0 aliphatic carbocycles. The van der Waals surface area contributed by atoms with Crippen molar-refractivity contribution in [3.8, 4) is 0 Å². The average Bonchev–Trinajstić information content (AvgIpc) is 2.88. The molecule has 3 heteroatoms. The number of halogens is 1. The molecular weight excluding hydrogens is 270 g/mol. The van der Waals surface area contributed by atoms with Crippen molar-refractivity contribution in [1.82, 2.24) is 5.32 Å². The zero-order valence-corrected chi connectivity index (χ0v) is 13.3. The minimum absolute atomic E-state index is 0.272. The quantitative estimate of drug-likeness (QED) is 0.722. The molecule has 0 fully saturated rings. The van der Waals surface area contributed by atoms with Crippen molar-refractivity contribution in [3.63, 3.8) is 0 Å². The van der Waals surface area contributed by atoms with Gasteiger partial charge in [0.1, 0.15) is 5.76 Å². The summed E-state index contributed by atoms with van der Waals surface area (Å²) in [4.78, 5) is 0. The topological polar surface area (TPSA) is 25.2 Å². The molecule has 0 saturated heterocycles. The Bertz CT molecular complexity index is 549. The molecule has 1 aromatic heterocycles. The van der Waals surface area contributed by atoms with E-state index in [-0.39, 0.29) is 6.04 Å². The molecule has 0 aliphatic heterocycles. The standard InChI is InChI=1S/C17H24ClNO/c1-4-9-19-15(10-12(3)5-2)16-11-13-7-6-8-14(18)17(13)20-16/h6-8,11-12,15,19H,4-5,9-10H2,1-3H3. The molecule has 1 aromatic carbocycles. The molecule has 2 unspecified atom stereocenters. The second kappa shape index (κ2) is 7.14. The van der Waals surface area contributed by atoms with E-state index in [2.05, 4.69) is 32.2 Å². The summed E-state index contributed by atoms with van der Waals surface area (Å²) >= 11 is 6.20. The maximum absolute atomic E-state index is 6.20. The second-order valence-electron chi connectivity index (χ2n) is 5.56. The van der Waals surface area contributed by atoms with E-state index in [0.717, 1.165) is 36.1 Å². The Morgan fingerprint density at radius 2 is 2.10 bits per heavy atom. The normalized spacial score (nSPS) is 14.6. The summed E-state index contributed by atoms with van der Waals surface area (Å²) < 4.78 is 6.01. The Hall–Kier alpha value is -0.990. The van der Waals surface area contributed by atoms with Crippen LogP contribution < -0.4 is 5.32 Å². The largest absolute Gasteiger partial charge is 0.458 e. The van der Waals surface area contributed by atoms with Crippen LogP contribution in [0.25, 0.3) is 11.0 Å². The van der Waals surface area contributed by atoms with Gasteiger partial charge < -0.3 is 9.73 Å². The van der Waals surface area contributed by atoms with Crippen LogP contribution in [0.1, 0.15) is 51.8 Å². The molecule has 2 aromatic rings. The number of nitrogens with one attached hydrogen (secondary N) is 1. The summed E-state index contributed by atoms with van der Waals surface area (Å²) in [5, 5.41) is 5.36. The number of para-hydroxylation sites is 1. The molecule has 2 nitrogen and oxygen atoms in total. The molecule has 1 N–H and O–H groups in total. The lowest BCUT2D eigenvalue weighted by molar-refractivity contribution is 0.355. The minimum atomic E-state index is 0.272. The highest BCUT2D eigenvalue weighted by molar-refractivity contribution is 6.34. The van der Waals surface area contributed by atoms with Crippen LogP contribution in [0.5, 0.6) is 0 Å². The van der Waals surface area contributed by atoms with Gasteiger partial charge in [0.15, 0.2) is 5.58 Å². The van der Waals surface area contributed by atoms with Gasteiger partial charge >= 0.3 is 0 Å². The van der Waals surface area contributed by atoms with Gasteiger partial charge in [-0.05, 0) is 37.4 Å². The SMILES string of the molecule is CCCNC(CC(C)CC)c1cc2cccc(Cl)c2o1. The van der Waals surface area contributed by atoms with Gasteiger partial charge in [-0.1, -0.05) is 50.9 Å². The maximum atomic E-state index is 6.20. The zero-order chi connectivity index (χ0) is 14.5. The zero-order valence-electron chi connectivity index (χ0n) is 12.6. The molecule has 0 spiro atoms. The Morgan fingerprint density at radius 3 is 2.75 bits per heavy atom. The fourth-order valence-electron chi connectivity index (χ4n) is 2.41. The highest BCUT2D eigenvalue weighted by atomic mass is 35.5. The number of benzene rings is 1. The van der Waals surface area contributed by atoms with Crippen LogP contribution in [0.2, 0.25) is 5.02 Å². The molecule has 0 aliphatic rings. The average molecular weight is 294 g/mol. The van der Waals surface area contributed by atoms with Crippen molar-refractivity contribution < 1.29 is 4.42 Å². The first-order chi connectivity index (χ1) is 9.65. The summed E-state index contributed by atoms with van der Waals surface area (Å²) in [5.74, 6) is 1.68. The lowest BCUT2D eigenvalue weighted by atomic mass is 9.97. The molecule has 0 saturated carbocycles. The van der Waals surface area contributed by atoms with Crippen molar-refractivity contribution in [1.29, 1.82) is 0 Å². The van der Waals surface area contributed by atoms with E-state index in [1.165, 1.54) is 6.42 Å². The summed E-state index contributed by atoms with van der Waals surface area (Å²) in [6.07, 6.45) is 3.40. The van der Waals surface area contributed by atoms with Crippen LogP contribution in [-0.4, -0.2) is 6.54 Å². The molecule has 110 valence electrons. The summed E-state index contributed by atoms with van der Waals surface area (Å²) in [6, 6.07) is 8.28. The Kier molecular flexibility index (Phi) is 5.50. The summed E-state index contributed by atoms with van der Waals surface area (Å²) in [6.45, 7) is 7.71. The fraction of sp³-hybridized carbons (Fsp3) is 0.529. The Labute approximate surface area is 126 Å². The lowest BCUT2D eigenvalue weighted by Gasteiger charge is -2.19. The number of fused-ring (bicyclic) bond motifs is 1. The van der Waals surface area contributed by atoms with Crippen molar-refractivity contribution in [3.05, 3.63) is 35.0 Å². The Balaban J connectivity index is 2.27. The van der Waals surface area contributed by atoms with Gasteiger partial charge in [-0.3, -0.25) is 0 Å². The van der Waals surface area contributed by atoms with E-state index in [1.807, 2.05) is 18.2 Å². The van der Waals surface area contributed by atoms with Crippen LogP contribution in [0, 0.1) is 5.92 Å². The monoisotopic (exact) mass is 293 g/mol. The number of rotatable bonds is 7. The van der Waals surface area contributed by atoms with Crippen molar-refractivity contribution in [2.45, 2.75) is 46.1 Å². The predicted octanol–water partition coefficient (Wildman–Crippen LogP) is 5.56. The number of furan rings is 1. The summed E-state index contributed by atoms with van der Waals surface area (Å²) in [5.41, 5.74) is 0.802. The van der Waals surface area contributed by atoms with Gasteiger partial charge in [0.25, 0.3) is 0 Å². The minimum Gasteiger partial charge on any atom is -0.458 e. The first-order valence-electron chi connectivity index (χ1n) is 7.57. The smallest absolute Gasteiger partial charge is 0.152 e. The van der Waals surface area contributed by atoms with Gasteiger partial charge in [-0.15, -0.1) is 0 Å². The van der Waals surface area contributed by atoms with Crippen molar-refractivity contribution >= 4 is 22.6 Å². The number of hydrogen-bond donors (Lipinski definition) is 1. The molecule has 2 atom stereocenters. The third kappa shape index (κ3) is 3.56. The Morgan fingerprint density at radius 1 is 1.30 bits per heavy atom. The van der Waals surface area contributed by atoms with Crippen LogP contribution in [-0.2, 0) is 0 Å². The lowest BCUT2D eigenvalue weighted by Crippen LogP contribution is -2.23. The van der Waals surface area contributed by atoms with Gasteiger partial charge in [0.05, 0.1) is 11.1 Å². The van der Waals surface area contributed by atoms with E-state index in [9.17, 15) is 0 Å². The molecule has 0 bridgehead atoms. The third-order valence-corrected chi connectivity index (χ3v) is 4.13. The molecule has 20 heavy (non-hydrogen) atoms.